The van der Waals surface area contributed by atoms with Gasteiger partial charge in [0.15, 0.2) is 0 Å². The molecule has 4 heteroatoms. The first-order valence-corrected chi connectivity index (χ1v) is 6.96. The number of rotatable bonds is 5. The monoisotopic (exact) mass is 262 g/mol. The van der Waals surface area contributed by atoms with Gasteiger partial charge in [0.05, 0.1) is 17.3 Å². The van der Waals surface area contributed by atoms with Crippen LogP contribution in [0.5, 0.6) is 5.75 Å². The molecule has 96 valence electrons. The van der Waals surface area contributed by atoms with Crippen LogP contribution in [0, 0.1) is 0 Å². The van der Waals surface area contributed by atoms with Crippen molar-refractivity contribution in [3.8, 4) is 5.75 Å². The Morgan fingerprint density at radius 2 is 2.22 bits per heavy atom. The Bertz CT molecular complexity index is 508. The second-order valence-corrected chi connectivity index (χ2v) is 5.39. The van der Waals surface area contributed by atoms with E-state index in [0.717, 1.165) is 23.6 Å². The Morgan fingerprint density at radius 3 is 2.89 bits per heavy atom. The van der Waals surface area contributed by atoms with Crippen LogP contribution in [-0.4, -0.2) is 11.6 Å². The van der Waals surface area contributed by atoms with E-state index >= 15 is 0 Å². The van der Waals surface area contributed by atoms with Crippen LogP contribution in [0.25, 0.3) is 0 Å². The number of anilines is 1. The van der Waals surface area contributed by atoms with Crippen molar-refractivity contribution in [3.05, 3.63) is 40.3 Å². The lowest BCUT2D eigenvalue weighted by Gasteiger charge is -2.05. The molecule has 0 unspecified atom stereocenters. The maximum atomic E-state index is 5.69. The molecule has 0 radical (unpaired) electrons. The third kappa shape index (κ3) is 3.47. The summed E-state index contributed by atoms with van der Waals surface area (Å²) in [5.41, 5.74) is 7.52. The molecule has 2 rings (SSSR count). The van der Waals surface area contributed by atoms with Crippen LogP contribution in [0.1, 0.15) is 30.5 Å². The quantitative estimate of drug-likeness (QED) is 0.839. The smallest absolute Gasteiger partial charge is 0.121 e. The molecule has 0 saturated heterocycles. The number of ether oxygens (including phenoxy) is 1. The van der Waals surface area contributed by atoms with Crippen LogP contribution in [0.2, 0.25) is 0 Å². The van der Waals surface area contributed by atoms with E-state index in [1.165, 1.54) is 5.01 Å². The predicted molar refractivity (Wildman–Crippen MR) is 76.3 cm³/mol. The van der Waals surface area contributed by atoms with Gasteiger partial charge in [-0.05, 0) is 12.1 Å². The molecular formula is C14H18N2OS. The molecule has 0 aliphatic heterocycles. The Morgan fingerprint density at radius 1 is 1.39 bits per heavy atom. The van der Waals surface area contributed by atoms with Gasteiger partial charge in [0.1, 0.15) is 5.75 Å². The van der Waals surface area contributed by atoms with Gasteiger partial charge in [-0.3, -0.25) is 0 Å². The van der Waals surface area contributed by atoms with Crippen molar-refractivity contribution in [1.82, 2.24) is 4.98 Å². The molecule has 1 heterocycles. The molecule has 0 atom stereocenters. The summed E-state index contributed by atoms with van der Waals surface area (Å²) >= 11 is 1.72. The molecule has 1 aromatic heterocycles. The predicted octanol–water partition coefficient (Wildman–Crippen LogP) is 3.47. The lowest BCUT2D eigenvalue weighted by atomic mass is 10.2. The van der Waals surface area contributed by atoms with E-state index in [4.69, 9.17) is 10.5 Å². The first-order chi connectivity index (χ1) is 8.65. The Kier molecular flexibility index (Phi) is 4.20. The molecule has 0 fully saturated rings. The van der Waals surface area contributed by atoms with Gasteiger partial charge in [-0.1, -0.05) is 19.9 Å². The molecule has 1 aromatic carbocycles. The number of aromatic nitrogens is 1. The standard InChI is InChI=1S/C14H18N2OS/c1-10(2)14-16-12(9-18-14)6-7-17-13-5-3-4-11(15)8-13/h3-5,8-10H,6-7,15H2,1-2H3. The van der Waals surface area contributed by atoms with Crippen molar-refractivity contribution < 1.29 is 4.74 Å². The molecule has 2 aromatic rings. The first kappa shape index (κ1) is 12.9. The van der Waals surface area contributed by atoms with E-state index in [-0.39, 0.29) is 0 Å². The number of hydrogen-bond acceptors (Lipinski definition) is 4. The highest BCUT2D eigenvalue weighted by Crippen LogP contribution is 2.20. The second-order valence-electron chi connectivity index (χ2n) is 4.50. The van der Waals surface area contributed by atoms with E-state index in [2.05, 4.69) is 24.2 Å². The molecule has 2 N–H and O–H groups in total. The van der Waals surface area contributed by atoms with E-state index in [1.807, 2.05) is 24.3 Å². The summed E-state index contributed by atoms with van der Waals surface area (Å²) in [4.78, 5) is 4.57. The number of thiazole rings is 1. The molecule has 0 amide bonds. The largest absolute Gasteiger partial charge is 0.493 e. The van der Waals surface area contributed by atoms with Gasteiger partial charge in [0.2, 0.25) is 0 Å². The number of nitrogens with two attached hydrogens (primary N) is 1. The average molecular weight is 262 g/mol. The summed E-state index contributed by atoms with van der Waals surface area (Å²) in [7, 11) is 0. The number of nitrogen functional groups attached to an aromatic ring is 1. The second kappa shape index (κ2) is 5.87. The Balaban J connectivity index is 1.84. The third-order valence-corrected chi connectivity index (χ3v) is 3.74. The van der Waals surface area contributed by atoms with Gasteiger partial charge in [-0.25, -0.2) is 4.98 Å². The fourth-order valence-electron chi connectivity index (χ4n) is 1.58. The minimum absolute atomic E-state index is 0.499. The van der Waals surface area contributed by atoms with Crippen LogP contribution >= 0.6 is 11.3 Å². The molecule has 0 saturated carbocycles. The zero-order chi connectivity index (χ0) is 13.0. The fraction of sp³-hybridized carbons (Fsp3) is 0.357. The molecule has 18 heavy (non-hydrogen) atoms. The normalized spacial score (nSPS) is 10.8. The van der Waals surface area contributed by atoms with Gasteiger partial charge < -0.3 is 10.5 Å². The van der Waals surface area contributed by atoms with E-state index in [9.17, 15) is 0 Å². The molecule has 0 spiro atoms. The minimum atomic E-state index is 0.499. The summed E-state index contributed by atoms with van der Waals surface area (Å²) in [5.74, 6) is 1.31. The van der Waals surface area contributed by atoms with Gasteiger partial charge in [0.25, 0.3) is 0 Å². The molecular weight excluding hydrogens is 244 g/mol. The van der Waals surface area contributed by atoms with Crippen LogP contribution in [-0.2, 0) is 6.42 Å². The summed E-state index contributed by atoms with van der Waals surface area (Å²) in [6.45, 7) is 4.95. The molecule has 0 aliphatic rings. The first-order valence-electron chi connectivity index (χ1n) is 6.08. The lowest BCUT2D eigenvalue weighted by molar-refractivity contribution is 0.321. The van der Waals surface area contributed by atoms with Gasteiger partial charge in [0, 0.05) is 29.5 Å². The highest BCUT2D eigenvalue weighted by Gasteiger charge is 2.05. The van der Waals surface area contributed by atoms with Gasteiger partial charge in [-0.2, -0.15) is 0 Å². The zero-order valence-electron chi connectivity index (χ0n) is 10.7. The van der Waals surface area contributed by atoms with Crippen LogP contribution < -0.4 is 10.5 Å². The van der Waals surface area contributed by atoms with E-state index < -0.39 is 0 Å². The van der Waals surface area contributed by atoms with E-state index in [1.54, 1.807) is 11.3 Å². The Labute approximate surface area is 112 Å². The van der Waals surface area contributed by atoms with Crippen molar-refractivity contribution in [1.29, 1.82) is 0 Å². The molecule has 0 aliphatic carbocycles. The lowest BCUT2D eigenvalue weighted by Crippen LogP contribution is -2.02. The highest BCUT2D eigenvalue weighted by atomic mass is 32.1. The molecule has 0 bridgehead atoms. The van der Waals surface area contributed by atoms with Crippen molar-refractivity contribution >= 4 is 17.0 Å². The van der Waals surface area contributed by atoms with Crippen molar-refractivity contribution in [2.45, 2.75) is 26.2 Å². The number of nitrogens with zero attached hydrogens (tertiary/aromatic N) is 1. The van der Waals surface area contributed by atoms with E-state index in [0.29, 0.717) is 12.5 Å². The SMILES string of the molecule is CC(C)c1nc(CCOc2cccc(N)c2)cs1. The summed E-state index contributed by atoms with van der Waals surface area (Å²) in [5, 5.41) is 3.30. The van der Waals surface area contributed by atoms with Gasteiger partial charge in [-0.15, -0.1) is 11.3 Å². The van der Waals surface area contributed by atoms with Crippen LogP contribution in [0.3, 0.4) is 0 Å². The van der Waals surface area contributed by atoms with Crippen molar-refractivity contribution in [3.63, 3.8) is 0 Å². The molecule has 3 nitrogen and oxygen atoms in total. The van der Waals surface area contributed by atoms with Crippen LogP contribution in [0.4, 0.5) is 5.69 Å². The fourth-order valence-corrected chi connectivity index (χ4v) is 2.45. The number of benzene rings is 1. The number of hydrogen-bond donors (Lipinski definition) is 1. The Hall–Kier alpha value is -1.55. The minimum Gasteiger partial charge on any atom is -0.493 e. The van der Waals surface area contributed by atoms with Gasteiger partial charge >= 0.3 is 0 Å². The highest BCUT2D eigenvalue weighted by molar-refractivity contribution is 7.09. The summed E-state index contributed by atoms with van der Waals surface area (Å²) < 4.78 is 5.65. The topological polar surface area (TPSA) is 48.1 Å². The maximum absolute atomic E-state index is 5.69. The van der Waals surface area contributed by atoms with Crippen molar-refractivity contribution in [2.75, 3.05) is 12.3 Å². The van der Waals surface area contributed by atoms with Crippen molar-refractivity contribution in [2.24, 2.45) is 0 Å². The maximum Gasteiger partial charge on any atom is 0.121 e. The van der Waals surface area contributed by atoms with Crippen LogP contribution in [0.15, 0.2) is 29.6 Å². The summed E-state index contributed by atoms with van der Waals surface area (Å²) in [6.07, 6.45) is 0.831. The average Bonchev–Trinajstić information content (AvgIpc) is 2.78. The zero-order valence-corrected chi connectivity index (χ0v) is 11.5. The summed E-state index contributed by atoms with van der Waals surface area (Å²) in [6, 6.07) is 7.49. The third-order valence-electron chi connectivity index (χ3n) is 2.55.